The van der Waals surface area contributed by atoms with Gasteiger partial charge < -0.3 is 10.2 Å². The Balaban J connectivity index is 1.48. The molecular formula is C23H35N3O2. The lowest BCUT2D eigenvalue weighted by Crippen LogP contribution is -2.55. The minimum atomic E-state index is -0.135. The van der Waals surface area contributed by atoms with E-state index in [9.17, 15) is 9.59 Å². The fraction of sp³-hybridized carbons (Fsp3) is 0.652. The van der Waals surface area contributed by atoms with Crippen molar-refractivity contribution in [2.45, 2.75) is 70.9 Å². The van der Waals surface area contributed by atoms with Crippen LogP contribution in [0.5, 0.6) is 0 Å². The number of amides is 2. The van der Waals surface area contributed by atoms with E-state index in [-0.39, 0.29) is 17.9 Å². The van der Waals surface area contributed by atoms with Crippen LogP contribution in [-0.4, -0.2) is 59.9 Å². The first-order chi connectivity index (χ1) is 13.6. The molecule has 2 aliphatic rings. The van der Waals surface area contributed by atoms with E-state index in [1.165, 1.54) is 31.2 Å². The zero-order valence-corrected chi connectivity index (χ0v) is 17.5. The highest BCUT2D eigenvalue weighted by molar-refractivity contribution is 5.94. The van der Waals surface area contributed by atoms with Crippen molar-refractivity contribution in [2.75, 3.05) is 26.2 Å². The van der Waals surface area contributed by atoms with Gasteiger partial charge in [0.05, 0.1) is 6.04 Å². The number of hydrogen-bond acceptors (Lipinski definition) is 3. The maximum Gasteiger partial charge on any atom is 0.253 e. The second-order valence-electron chi connectivity index (χ2n) is 8.25. The Kier molecular flexibility index (Phi) is 7.49. The third-order valence-electron chi connectivity index (χ3n) is 6.34. The highest BCUT2D eigenvalue weighted by Gasteiger charge is 2.29. The van der Waals surface area contributed by atoms with Crippen LogP contribution < -0.4 is 5.32 Å². The van der Waals surface area contributed by atoms with Gasteiger partial charge in [-0.3, -0.25) is 14.5 Å². The fourth-order valence-corrected chi connectivity index (χ4v) is 4.29. The maximum atomic E-state index is 12.7. The molecule has 154 valence electrons. The number of carbonyl (C=O) groups is 2. The number of piperazine rings is 1. The molecule has 0 unspecified atom stereocenters. The molecule has 1 saturated heterocycles. The van der Waals surface area contributed by atoms with Gasteiger partial charge in [-0.2, -0.15) is 0 Å². The highest BCUT2D eigenvalue weighted by Crippen LogP contribution is 2.18. The van der Waals surface area contributed by atoms with Gasteiger partial charge in [0.15, 0.2) is 0 Å². The molecule has 1 aromatic carbocycles. The Morgan fingerprint density at radius 3 is 2.18 bits per heavy atom. The molecule has 2 fully saturated rings. The third kappa shape index (κ3) is 5.34. The minimum Gasteiger partial charge on any atom is -0.352 e. The molecule has 1 heterocycles. The molecule has 1 atom stereocenters. The van der Waals surface area contributed by atoms with Crippen molar-refractivity contribution in [2.24, 2.45) is 0 Å². The molecule has 1 aliphatic carbocycles. The Morgan fingerprint density at radius 1 is 1.00 bits per heavy atom. The van der Waals surface area contributed by atoms with Crippen LogP contribution in [0.4, 0.5) is 0 Å². The summed E-state index contributed by atoms with van der Waals surface area (Å²) in [6.45, 7) is 6.96. The van der Waals surface area contributed by atoms with Gasteiger partial charge in [0.2, 0.25) is 5.91 Å². The topological polar surface area (TPSA) is 52.7 Å². The average Bonchev–Trinajstić information content (AvgIpc) is 3.01. The molecule has 0 aromatic heterocycles. The standard InChI is InChI=1S/C23H35N3O2/c1-3-19-10-12-20(13-11-19)23(28)26-16-14-25(15-17-26)18(2)22(27)24-21-8-6-4-5-7-9-21/h10-13,18,21H,3-9,14-17H2,1-2H3,(H,24,27)/t18-/m0/s1. The smallest absolute Gasteiger partial charge is 0.253 e. The van der Waals surface area contributed by atoms with Crippen molar-refractivity contribution in [3.8, 4) is 0 Å². The average molecular weight is 386 g/mol. The lowest BCUT2D eigenvalue weighted by Gasteiger charge is -2.37. The van der Waals surface area contributed by atoms with Crippen molar-refractivity contribution in [3.05, 3.63) is 35.4 Å². The first kappa shape index (κ1) is 20.8. The van der Waals surface area contributed by atoms with Gasteiger partial charge in [-0.25, -0.2) is 0 Å². The van der Waals surface area contributed by atoms with Crippen LogP contribution in [0.25, 0.3) is 0 Å². The number of nitrogens with one attached hydrogen (secondary N) is 1. The Labute approximate surface area is 169 Å². The van der Waals surface area contributed by atoms with E-state index in [2.05, 4.69) is 17.1 Å². The molecule has 0 bridgehead atoms. The van der Waals surface area contributed by atoms with Crippen LogP contribution >= 0.6 is 0 Å². The van der Waals surface area contributed by atoms with E-state index in [0.29, 0.717) is 19.1 Å². The molecule has 5 heteroatoms. The maximum absolute atomic E-state index is 12.7. The molecular weight excluding hydrogens is 350 g/mol. The van der Waals surface area contributed by atoms with Crippen molar-refractivity contribution >= 4 is 11.8 Å². The summed E-state index contributed by atoms with van der Waals surface area (Å²) in [4.78, 5) is 29.5. The van der Waals surface area contributed by atoms with Crippen LogP contribution in [-0.2, 0) is 11.2 Å². The predicted molar refractivity (Wildman–Crippen MR) is 112 cm³/mol. The number of hydrogen-bond donors (Lipinski definition) is 1. The third-order valence-corrected chi connectivity index (χ3v) is 6.34. The zero-order chi connectivity index (χ0) is 19.9. The summed E-state index contributed by atoms with van der Waals surface area (Å²) in [6.07, 6.45) is 8.22. The molecule has 0 spiro atoms. The monoisotopic (exact) mass is 385 g/mol. The molecule has 1 N–H and O–H groups in total. The summed E-state index contributed by atoms with van der Waals surface area (Å²) in [5, 5.41) is 3.27. The Morgan fingerprint density at radius 2 is 1.61 bits per heavy atom. The van der Waals surface area contributed by atoms with E-state index in [1.54, 1.807) is 0 Å². The summed E-state index contributed by atoms with van der Waals surface area (Å²) in [6, 6.07) is 8.12. The first-order valence-electron chi connectivity index (χ1n) is 11.0. The first-order valence-corrected chi connectivity index (χ1v) is 11.0. The number of carbonyl (C=O) groups excluding carboxylic acids is 2. The summed E-state index contributed by atoms with van der Waals surface area (Å²) >= 11 is 0. The van der Waals surface area contributed by atoms with Gasteiger partial charge in [-0.05, 0) is 43.9 Å². The van der Waals surface area contributed by atoms with Crippen LogP contribution in [0.3, 0.4) is 0 Å². The Hall–Kier alpha value is -1.88. The van der Waals surface area contributed by atoms with Gasteiger partial charge >= 0.3 is 0 Å². The summed E-state index contributed by atoms with van der Waals surface area (Å²) in [5.74, 6) is 0.236. The summed E-state index contributed by atoms with van der Waals surface area (Å²) in [7, 11) is 0. The van der Waals surface area contributed by atoms with Crippen molar-refractivity contribution in [1.82, 2.24) is 15.1 Å². The number of rotatable bonds is 5. The molecule has 5 nitrogen and oxygen atoms in total. The van der Waals surface area contributed by atoms with Crippen molar-refractivity contribution in [1.29, 1.82) is 0 Å². The fourth-order valence-electron chi connectivity index (χ4n) is 4.29. The lowest BCUT2D eigenvalue weighted by atomic mass is 10.1. The van der Waals surface area contributed by atoms with E-state index < -0.39 is 0 Å². The normalized spacial score (nSPS) is 20.4. The second-order valence-corrected chi connectivity index (χ2v) is 8.25. The number of aryl methyl sites for hydroxylation is 1. The highest BCUT2D eigenvalue weighted by atomic mass is 16.2. The van der Waals surface area contributed by atoms with E-state index in [0.717, 1.165) is 37.9 Å². The van der Waals surface area contributed by atoms with E-state index >= 15 is 0 Å². The zero-order valence-electron chi connectivity index (χ0n) is 17.5. The molecule has 28 heavy (non-hydrogen) atoms. The van der Waals surface area contributed by atoms with Gasteiger partial charge in [0, 0.05) is 37.8 Å². The largest absolute Gasteiger partial charge is 0.352 e. The molecule has 1 aliphatic heterocycles. The molecule has 2 amide bonds. The van der Waals surface area contributed by atoms with Gasteiger partial charge in [-0.15, -0.1) is 0 Å². The van der Waals surface area contributed by atoms with Gasteiger partial charge in [0.25, 0.3) is 5.91 Å². The van der Waals surface area contributed by atoms with Crippen LogP contribution in [0, 0.1) is 0 Å². The van der Waals surface area contributed by atoms with Gasteiger partial charge in [0.1, 0.15) is 0 Å². The number of nitrogens with zero attached hydrogens (tertiary/aromatic N) is 2. The van der Waals surface area contributed by atoms with E-state index in [1.807, 2.05) is 36.1 Å². The van der Waals surface area contributed by atoms with Crippen molar-refractivity contribution < 1.29 is 9.59 Å². The summed E-state index contributed by atoms with van der Waals surface area (Å²) in [5.41, 5.74) is 2.00. The van der Waals surface area contributed by atoms with Crippen LogP contribution in [0.2, 0.25) is 0 Å². The number of benzene rings is 1. The SMILES string of the molecule is CCc1ccc(C(=O)N2CCN([C@@H](C)C(=O)NC3CCCCCC3)CC2)cc1. The minimum absolute atomic E-state index is 0.0952. The van der Waals surface area contributed by atoms with Crippen molar-refractivity contribution in [3.63, 3.8) is 0 Å². The van der Waals surface area contributed by atoms with Crippen LogP contribution in [0.1, 0.15) is 68.3 Å². The molecule has 1 saturated carbocycles. The Bertz CT molecular complexity index is 642. The van der Waals surface area contributed by atoms with Gasteiger partial charge in [-0.1, -0.05) is 44.7 Å². The molecule has 3 rings (SSSR count). The summed E-state index contributed by atoms with van der Waals surface area (Å²) < 4.78 is 0. The quantitative estimate of drug-likeness (QED) is 0.792. The van der Waals surface area contributed by atoms with Crippen LogP contribution in [0.15, 0.2) is 24.3 Å². The molecule has 1 aromatic rings. The van der Waals surface area contributed by atoms with E-state index in [4.69, 9.17) is 0 Å². The second kappa shape index (κ2) is 10.1. The lowest BCUT2D eigenvalue weighted by molar-refractivity contribution is -0.127. The predicted octanol–water partition coefficient (Wildman–Crippen LogP) is 3.23. The molecule has 0 radical (unpaired) electrons.